The van der Waals surface area contributed by atoms with Crippen LogP contribution >= 0.6 is 0 Å². The number of carboxylic acid groups (broad SMARTS) is 4. The van der Waals surface area contributed by atoms with Crippen LogP contribution in [0.25, 0.3) is 11.1 Å². The molecule has 2 aromatic carbocycles. The number of hydrogen-bond donors (Lipinski definition) is 4. The molecule has 0 spiro atoms. The van der Waals surface area contributed by atoms with Crippen molar-refractivity contribution in [1.29, 1.82) is 0 Å². The Labute approximate surface area is 159 Å². The van der Waals surface area contributed by atoms with Gasteiger partial charge in [-0.2, -0.15) is 0 Å². The van der Waals surface area contributed by atoms with Crippen LogP contribution in [-0.4, -0.2) is 44.3 Å². The van der Waals surface area contributed by atoms with E-state index in [4.69, 9.17) is 10.2 Å². The Bertz CT molecular complexity index is 836. The summed E-state index contributed by atoms with van der Waals surface area (Å²) >= 11 is 0. The summed E-state index contributed by atoms with van der Waals surface area (Å²) in [6, 6.07) is 16.5. The third-order valence-electron chi connectivity index (χ3n) is 3.17. The first-order chi connectivity index (χ1) is 13.2. The van der Waals surface area contributed by atoms with Gasteiger partial charge in [-0.25, -0.2) is 19.2 Å². The number of carbonyl (C=O) groups is 4. The molecule has 0 radical (unpaired) electrons. The molecule has 0 saturated heterocycles. The van der Waals surface area contributed by atoms with Gasteiger partial charge in [0.15, 0.2) is 0 Å². The van der Waals surface area contributed by atoms with Gasteiger partial charge in [0.05, 0.1) is 11.1 Å². The maximum absolute atomic E-state index is 11.5. The lowest BCUT2D eigenvalue weighted by molar-refractivity contribution is -0.134. The molecule has 0 saturated carbocycles. The summed E-state index contributed by atoms with van der Waals surface area (Å²) < 4.78 is 0. The van der Waals surface area contributed by atoms with Crippen LogP contribution in [0.15, 0.2) is 72.8 Å². The summed E-state index contributed by atoms with van der Waals surface area (Å²) in [4.78, 5) is 42.1. The molecule has 0 aliphatic rings. The molecule has 28 heavy (non-hydrogen) atoms. The molecular weight excluding hydrogens is 368 g/mol. The van der Waals surface area contributed by atoms with E-state index in [0.717, 1.165) is 0 Å². The van der Waals surface area contributed by atoms with Crippen LogP contribution in [-0.2, 0) is 19.2 Å². The van der Waals surface area contributed by atoms with E-state index >= 15 is 0 Å². The van der Waals surface area contributed by atoms with E-state index in [-0.39, 0.29) is 11.1 Å². The van der Waals surface area contributed by atoms with E-state index < -0.39 is 23.9 Å². The smallest absolute Gasteiger partial charge is 0.337 e. The predicted molar refractivity (Wildman–Crippen MR) is 99.4 cm³/mol. The highest BCUT2D eigenvalue weighted by Gasteiger charge is 2.23. The van der Waals surface area contributed by atoms with E-state index in [0.29, 0.717) is 23.3 Å². The molecule has 0 aromatic heterocycles. The van der Waals surface area contributed by atoms with E-state index in [1.54, 1.807) is 60.7 Å². The van der Waals surface area contributed by atoms with Crippen LogP contribution in [0.1, 0.15) is 11.1 Å². The van der Waals surface area contributed by atoms with Crippen molar-refractivity contribution in [1.82, 2.24) is 0 Å². The van der Waals surface area contributed by atoms with Gasteiger partial charge in [-0.1, -0.05) is 60.7 Å². The Balaban J connectivity index is 0.000000416. The van der Waals surface area contributed by atoms with Crippen molar-refractivity contribution < 1.29 is 39.6 Å². The largest absolute Gasteiger partial charge is 0.478 e. The molecule has 2 rings (SSSR count). The highest BCUT2D eigenvalue weighted by molar-refractivity contribution is 6.36. The average Bonchev–Trinajstić information content (AvgIpc) is 2.65. The van der Waals surface area contributed by atoms with Crippen LogP contribution < -0.4 is 0 Å². The summed E-state index contributed by atoms with van der Waals surface area (Å²) in [7, 11) is 0. The summed E-state index contributed by atoms with van der Waals surface area (Å²) in [5.41, 5.74) is 0.288. The molecule has 0 atom stereocenters. The van der Waals surface area contributed by atoms with Crippen molar-refractivity contribution in [3.05, 3.63) is 83.9 Å². The van der Waals surface area contributed by atoms with Crippen LogP contribution in [0.4, 0.5) is 0 Å². The topological polar surface area (TPSA) is 149 Å². The highest BCUT2D eigenvalue weighted by Crippen LogP contribution is 2.27. The third-order valence-corrected chi connectivity index (χ3v) is 3.17. The maximum Gasteiger partial charge on any atom is 0.337 e. The Morgan fingerprint density at radius 3 is 1.04 bits per heavy atom. The number of benzene rings is 2. The van der Waals surface area contributed by atoms with E-state index in [2.05, 4.69) is 0 Å². The predicted octanol–water partition coefficient (Wildman–Crippen LogP) is 2.48. The molecule has 0 aliphatic heterocycles. The van der Waals surface area contributed by atoms with Crippen LogP contribution in [0.5, 0.6) is 0 Å². The number of hydrogen-bond acceptors (Lipinski definition) is 4. The second-order valence-electron chi connectivity index (χ2n) is 5.10. The Hall–Kier alpha value is -4.20. The van der Waals surface area contributed by atoms with Crippen molar-refractivity contribution >= 4 is 35.0 Å². The lowest BCUT2D eigenvalue weighted by atomic mass is 9.94. The maximum atomic E-state index is 11.5. The Morgan fingerprint density at radius 1 is 0.536 bits per heavy atom. The molecule has 4 N–H and O–H groups in total. The lowest BCUT2D eigenvalue weighted by Gasteiger charge is -2.09. The van der Waals surface area contributed by atoms with E-state index in [1.807, 2.05) is 0 Å². The van der Waals surface area contributed by atoms with Crippen molar-refractivity contribution in [2.75, 3.05) is 0 Å². The fourth-order valence-corrected chi connectivity index (χ4v) is 2.10. The van der Waals surface area contributed by atoms with Gasteiger partial charge in [0.25, 0.3) is 0 Å². The summed E-state index contributed by atoms with van der Waals surface area (Å²) in [5, 5.41) is 34.4. The van der Waals surface area contributed by atoms with Gasteiger partial charge in [-0.15, -0.1) is 0 Å². The Kier molecular flexibility index (Phi) is 8.36. The molecular formula is C20H16O8. The fraction of sp³-hybridized carbons (Fsp3) is 0. The minimum Gasteiger partial charge on any atom is -0.478 e. The van der Waals surface area contributed by atoms with Gasteiger partial charge >= 0.3 is 23.9 Å². The standard InChI is InChI=1S/C16H12O4.C4H4O4/c17-15(18)13(11-7-3-1-4-8-11)14(16(19)20)12-9-5-2-6-10-12;5-3(6)1-2-4(7)8/h1-10H,(H,17,18)(H,19,20);1-2H,(H,5,6)(H,7,8)/b14-13-;2-1-. The molecule has 2 aromatic rings. The third kappa shape index (κ3) is 6.96. The van der Waals surface area contributed by atoms with E-state index in [9.17, 15) is 29.4 Å². The fourth-order valence-electron chi connectivity index (χ4n) is 2.10. The van der Waals surface area contributed by atoms with E-state index in [1.165, 1.54) is 0 Å². The lowest BCUT2D eigenvalue weighted by Crippen LogP contribution is -2.10. The number of aliphatic carboxylic acids is 4. The second-order valence-corrected chi connectivity index (χ2v) is 5.10. The quantitative estimate of drug-likeness (QED) is 0.438. The van der Waals surface area contributed by atoms with Crippen molar-refractivity contribution in [2.24, 2.45) is 0 Å². The second kappa shape index (κ2) is 10.7. The average molecular weight is 384 g/mol. The van der Waals surface area contributed by atoms with Gasteiger partial charge < -0.3 is 20.4 Å². The van der Waals surface area contributed by atoms with Gasteiger partial charge in [-0.3, -0.25) is 0 Å². The monoisotopic (exact) mass is 384 g/mol. The zero-order valence-electron chi connectivity index (χ0n) is 14.4. The van der Waals surface area contributed by atoms with Gasteiger partial charge in [0.2, 0.25) is 0 Å². The molecule has 144 valence electrons. The Morgan fingerprint density at radius 2 is 0.821 bits per heavy atom. The first kappa shape index (κ1) is 21.8. The SMILES string of the molecule is O=C(O)/C(=C(\C(=O)O)c1ccccc1)c1ccccc1.O=C(O)/C=C\C(=O)O. The molecule has 8 nitrogen and oxygen atoms in total. The minimum atomic E-state index is -1.27. The molecule has 0 heterocycles. The zero-order chi connectivity index (χ0) is 21.1. The summed E-state index contributed by atoms with van der Waals surface area (Å²) in [5.74, 6) is -5.05. The zero-order valence-corrected chi connectivity index (χ0v) is 14.4. The molecule has 0 unspecified atom stereocenters. The number of rotatable bonds is 6. The van der Waals surface area contributed by atoms with Crippen LogP contribution in [0.2, 0.25) is 0 Å². The van der Waals surface area contributed by atoms with Gasteiger partial charge in [-0.05, 0) is 11.1 Å². The van der Waals surface area contributed by atoms with Crippen LogP contribution in [0.3, 0.4) is 0 Å². The van der Waals surface area contributed by atoms with Gasteiger partial charge in [0.1, 0.15) is 0 Å². The molecule has 0 amide bonds. The summed E-state index contributed by atoms with van der Waals surface area (Å²) in [6.45, 7) is 0. The van der Waals surface area contributed by atoms with Crippen molar-refractivity contribution in [3.63, 3.8) is 0 Å². The first-order valence-corrected chi connectivity index (χ1v) is 7.69. The first-order valence-electron chi connectivity index (χ1n) is 7.69. The van der Waals surface area contributed by atoms with Crippen molar-refractivity contribution in [2.45, 2.75) is 0 Å². The van der Waals surface area contributed by atoms with Gasteiger partial charge in [0, 0.05) is 12.2 Å². The molecule has 8 heteroatoms. The van der Waals surface area contributed by atoms with Crippen LogP contribution in [0, 0.1) is 0 Å². The number of carboxylic acids is 4. The normalized spacial score (nSPS) is 11.0. The van der Waals surface area contributed by atoms with Crippen molar-refractivity contribution in [3.8, 4) is 0 Å². The molecule has 0 aliphatic carbocycles. The minimum absolute atomic E-state index is 0.218. The summed E-state index contributed by atoms with van der Waals surface area (Å²) in [6.07, 6.45) is 1.12. The molecule has 0 fully saturated rings. The highest BCUT2D eigenvalue weighted by atomic mass is 16.4. The molecule has 0 bridgehead atoms.